The molecule has 0 heterocycles. The molecule has 0 aromatic rings. The second-order valence-electron chi connectivity index (χ2n) is 2.98. The highest BCUT2D eigenvalue weighted by Crippen LogP contribution is 2.03. The lowest BCUT2D eigenvalue weighted by atomic mass is 10.2. The fourth-order valence-corrected chi connectivity index (χ4v) is 2.19. The topological polar surface area (TPSA) is 66.4 Å². The third kappa shape index (κ3) is 5.41. The van der Waals surface area contributed by atoms with Gasteiger partial charge in [0.1, 0.15) is 0 Å². The van der Waals surface area contributed by atoms with E-state index >= 15 is 0 Å². The van der Waals surface area contributed by atoms with Gasteiger partial charge in [-0.15, -0.1) is 0 Å². The number of carbonyl (C=O) groups is 2. The zero-order valence-electron chi connectivity index (χ0n) is 8.66. The van der Waals surface area contributed by atoms with Gasteiger partial charge in [-0.3, -0.25) is 4.79 Å². The Labute approximate surface area is 90.2 Å². The highest BCUT2D eigenvalue weighted by Gasteiger charge is 2.24. The number of amides is 1. The van der Waals surface area contributed by atoms with Crippen LogP contribution < -0.4 is 5.32 Å². The van der Waals surface area contributed by atoms with Crippen molar-refractivity contribution in [3.63, 3.8) is 0 Å². The van der Waals surface area contributed by atoms with Crippen molar-refractivity contribution in [3.05, 3.63) is 0 Å². The van der Waals surface area contributed by atoms with Crippen LogP contribution in [-0.2, 0) is 9.59 Å². The van der Waals surface area contributed by atoms with Gasteiger partial charge in [-0.05, 0) is 25.0 Å². The maximum atomic E-state index is 11.5. The van der Waals surface area contributed by atoms with Gasteiger partial charge in [-0.25, -0.2) is 0 Å². The Morgan fingerprint density at radius 2 is 2.14 bits per heavy atom. The van der Waals surface area contributed by atoms with Gasteiger partial charge < -0.3 is 14.9 Å². The van der Waals surface area contributed by atoms with Crippen LogP contribution in [0.5, 0.6) is 0 Å². The van der Waals surface area contributed by atoms with Crippen molar-refractivity contribution in [3.8, 4) is 0 Å². The zero-order valence-corrected chi connectivity index (χ0v) is 10.5. The van der Waals surface area contributed by atoms with Crippen LogP contribution in [0.3, 0.4) is 0 Å². The summed E-state index contributed by atoms with van der Waals surface area (Å²) in [7, 11) is -1.95. The molecule has 14 heavy (non-hydrogen) atoms. The monoisotopic (exact) mass is 234 g/mol. The summed E-state index contributed by atoms with van der Waals surface area (Å²) in [6, 6.07) is -0.510. The van der Waals surface area contributed by atoms with Gasteiger partial charge in [0.15, 0.2) is 5.41 Å². The van der Waals surface area contributed by atoms with E-state index in [9.17, 15) is 14.4 Å². The van der Waals surface area contributed by atoms with E-state index in [1.165, 1.54) is 13.5 Å². The van der Waals surface area contributed by atoms with Crippen LogP contribution in [0.25, 0.3) is 0 Å². The summed E-state index contributed by atoms with van der Waals surface area (Å²) in [4.78, 5) is 31.5. The molecule has 0 aromatic heterocycles. The molecule has 0 saturated heterocycles. The van der Waals surface area contributed by atoms with Gasteiger partial charge in [0.25, 0.3) is 9.04 Å². The molecule has 0 saturated carbocycles. The number of nitrogens with one attached hydrogen (secondary N) is 1. The standard InChI is InChI=1S/C8H16NO3SSi/c1-6(10)9-7(4-5-13-2)8(11)14(3)12/h7,12H,4-5H2,1-3H3,(H,9,10)/t7-/m0/s1. The van der Waals surface area contributed by atoms with Crippen LogP contribution in [0.15, 0.2) is 0 Å². The van der Waals surface area contributed by atoms with Gasteiger partial charge in [0.05, 0.1) is 6.04 Å². The summed E-state index contributed by atoms with van der Waals surface area (Å²) in [6.45, 7) is 2.89. The third-order valence-corrected chi connectivity index (χ3v) is 3.37. The first kappa shape index (κ1) is 13.7. The molecule has 0 unspecified atom stereocenters. The van der Waals surface area contributed by atoms with Crippen molar-refractivity contribution in [2.24, 2.45) is 0 Å². The second kappa shape index (κ2) is 7.02. The molecule has 0 rings (SSSR count). The van der Waals surface area contributed by atoms with E-state index in [0.717, 1.165) is 5.75 Å². The number of hydrogen-bond acceptors (Lipinski definition) is 4. The van der Waals surface area contributed by atoms with Crippen LogP contribution in [0.2, 0.25) is 6.55 Å². The van der Waals surface area contributed by atoms with E-state index in [1.807, 2.05) is 6.26 Å². The minimum atomic E-state index is -1.95. The summed E-state index contributed by atoms with van der Waals surface area (Å²) >= 11 is 1.61. The third-order valence-electron chi connectivity index (χ3n) is 1.66. The molecule has 0 bridgehead atoms. The Balaban J connectivity index is 4.22. The number of hydrogen-bond donors (Lipinski definition) is 2. The van der Waals surface area contributed by atoms with Gasteiger partial charge in [-0.1, -0.05) is 0 Å². The Hall–Kier alpha value is -0.333. The molecule has 0 spiro atoms. The van der Waals surface area contributed by atoms with Gasteiger partial charge >= 0.3 is 0 Å². The van der Waals surface area contributed by atoms with Crippen LogP contribution in [0.1, 0.15) is 13.3 Å². The fraction of sp³-hybridized carbons (Fsp3) is 0.750. The van der Waals surface area contributed by atoms with Crippen molar-refractivity contribution in [2.45, 2.75) is 25.9 Å². The van der Waals surface area contributed by atoms with Crippen LogP contribution >= 0.6 is 11.8 Å². The molecule has 0 aliphatic carbocycles. The smallest absolute Gasteiger partial charge is 0.286 e. The second-order valence-corrected chi connectivity index (χ2v) is 5.63. The molecular weight excluding hydrogens is 218 g/mol. The molecule has 0 aromatic carbocycles. The Kier molecular flexibility index (Phi) is 6.86. The van der Waals surface area contributed by atoms with E-state index < -0.39 is 15.1 Å². The molecule has 2 N–H and O–H groups in total. The largest absolute Gasteiger partial charge is 0.425 e. The van der Waals surface area contributed by atoms with E-state index in [4.69, 9.17) is 0 Å². The summed E-state index contributed by atoms with van der Waals surface area (Å²) in [5.41, 5.74) is 0. The van der Waals surface area contributed by atoms with Crippen molar-refractivity contribution in [1.29, 1.82) is 0 Å². The average Bonchev–Trinajstić information content (AvgIpc) is 2.10. The molecule has 4 nitrogen and oxygen atoms in total. The van der Waals surface area contributed by atoms with E-state index in [0.29, 0.717) is 6.42 Å². The van der Waals surface area contributed by atoms with Crippen molar-refractivity contribution < 1.29 is 14.4 Å². The molecule has 81 valence electrons. The summed E-state index contributed by atoms with van der Waals surface area (Å²) in [5.74, 6) is 0.568. The number of carbonyl (C=O) groups excluding carboxylic acids is 2. The van der Waals surface area contributed by atoms with Gasteiger partial charge in [0, 0.05) is 6.92 Å². The first-order chi connectivity index (χ1) is 6.49. The predicted octanol–water partition coefficient (Wildman–Crippen LogP) is -0.0339. The average molecular weight is 234 g/mol. The van der Waals surface area contributed by atoms with Crippen molar-refractivity contribution >= 4 is 32.1 Å². The fourth-order valence-electron chi connectivity index (χ4n) is 1.00. The highest BCUT2D eigenvalue weighted by molar-refractivity contribution is 7.98. The molecule has 0 aliphatic rings. The first-order valence-electron chi connectivity index (χ1n) is 4.31. The first-order valence-corrected chi connectivity index (χ1v) is 7.66. The molecule has 0 fully saturated rings. The minimum absolute atomic E-state index is 0.223. The molecule has 1 amide bonds. The molecule has 6 heteroatoms. The zero-order chi connectivity index (χ0) is 11.1. The van der Waals surface area contributed by atoms with Crippen LogP contribution in [-0.4, -0.2) is 43.2 Å². The maximum Gasteiger partial charge on any atom is 0.286 e. The highest BCUT2D eigenvalue weighted by atomic mass is 32.2. The predicted molar refractivity (Wildman–Crippen MR) is 59.4 cm³/mol. The Bertz CT molecular complexity index is 211. The Morgan fingerprint density at radius 3 is 2.50 bits per heavy atom. The van der Waals surface area contributed by atoms with Crippen LogP contribution in [0.4, 0.5) is 0 Å². The number of rotatable bonds is 6. The van der Waals surface area contributed by atoms with Crippen molar-refractivity contribution in [1.82, 2.24) is 5.32 Å². The lowest BCUT2D eigenvalue weighted by molar-refractivity contribution is -0.123. The maximum absolute atomic E-state index is 11.5. The quantitative estimate of drug-likeness (QED) is 0.633. The number of thioether (sulfide) groups is 1. The summed E-state index contributed by atoms with van der Waals surface area (Å²) < 4.78 is 0. The Morgan fingerprint density at radius 1 is 1.57 bits per heavy atom. The molecule has 1 radical (unpaired) electrons. The SMILES string of the molecule is CSCC[C@H](NC(C)=O)C(=O)[Si](C)O. The molecule has 1 atom stereocenters. The van der Waals surface area contributed by atoms with E-state index in [2.05, 4.69) is 5.32 Å². The van der Waals surface area contributed by atoms with Gasteiger partial charge in [-0.2, -0.15) is 11.8 Å². The van der Waals surface area contributed by atoms with E-state index in [1.54, 1.807) is 11.8 Å². The molecular formula is C8H16NO3SSi. The molecule has 0 aliphatic heterocycles. The lowest BCUT2D eigenvalue weighted by Crippen LogP contribution is -2.45. The summed E-state index contributed by atoms with van der Waals surface area (Å²) in [6.07, 6.45) is 2.52. The normalized spacial score (nSPS) is 12.6. The minimum Gasteiger partial charge on any atom is -0.425 e. The van der Waals surface area contributed by atoms with Crippen LogP contribution in [0, 0.1) is 0 Å². The van der Waals surface area contributed by atoms with E-state index in [-0.39, 0.29) is 11.3 Å². The van der Waals surface area contributed by atoms with Crippen molar-refractivity contribution in [2.75, 3.05) is 12.0 Å². The summed E-state index contributed by atoms with van der Waals surface area (Å²) in [5, 5.41) is 2.34. The van der Waals surface area contributed by atoms with Gasteiger partial charge in [0.2, 0.25) is 5.91 Å². The lowest BCUT2D eigenvalue weighted by Gasteiger charge is -2.16.